The third kappa shape index (κ3) is 1.15. The number of aromatic amines is 1. The van der Waals surface area contributed by atoms with Crippen molar-refractivity contribution in [1.29, 1.82) is 0 Å². The number of fused-ring (bicyclic) bond motifs is 1. The second kappa shape index (κ2) is 2.61. The Balaban J connectivity index is 2.83. The van der Waals surface area contributed by atoms with E-state index in [1.807, 2.05) is 6.92 Å². The van der Waals surface area contributed by atoms with Crippen LogP contribution < -0.4 is 0 Å². The summed E-state index contributed by atoms with van der Waals surface area (Å²) in [4.78, 5) is 11.1. The highest BCUT2D eigenvalue weighted by molar-refractivity contribution is 6.41. The molecule has 0 aliphatic carbocycles. The minimum atomic E-state index is 0.288. The lowest BCUT2D eigenvalue weighted by atomic mass is 10.4. The van der Waals surface area contributed by atoms with Crippen molar-refractivity contribution < 1.29 is 0 Å². The molecule has 0 radical (unpaired) electrons. The minimum Gasteiger partial charge on any atom is -0.341 e. The molecule has 0 aliphatic rings. The van der Waals surface area contributed by atoms with Gasteiger partial charge in [0.1, 0.15) is 11.0 Å². The first-order valence-corrected chi connectivity index (χ1v) is 4.11. The van der Waals surface area contributed by atoms with Gasteiger partial charge in [-0.15, -0.1) is 0 Å². The number of nitrogens with one attached hydrogen (secondary N) is 1. The Labute approximate surface area is 78.7 Å². The van der Waals surface area contributed by atoms with Crippen molar-refractivity contribution in [3.8, 4) is 0 Å². The lowest BCUT2D eigenvalue weighted by Crippen LogP contribution is -1.79. The largest absolute Gasteiger partial charge is 0.341 e. The molecule has 2 aromatic heterocycles. The van der Waals surface area contributed by atoms with Crippen molar-refractivity contribution >= 4 is 34.4 Å². The molecule has 0 spiro atoms. The Morgan fingerprint density at radius 2 is 2.08 bits per heavy atom. The van der Waals surface area contributed by atoms with Crippen molar-refractivity contribution in [2.45, 2.75) is 6.92 Å². The van der Waals surface area contributed by atoms with Gasteiger partial charge < -0.3 is 4.98 Å². The van der Waals surface area contributed by atoms with Gasteiger partial charge in [0, 0.05) is 0 Å². The van der Waals surface area contributed by atoms with E-state index < -0.39 is 0 Å². The Bertz CT molecular complexity index is 396. The van der Waals surface area contributed by atoms with Crippen LogP contribution in [0, 0.1) is 6.92 Å². The molecule has 0 unspecified atom stereocenters. The van der Waals surface area contributed by atoms with Crippen molar-refractivity contribution in [3.05, 3.63) is 22.1 Å². The summed E-state index contributed by atoms with van der Waals surface area (Å²) in [6.07, 6.45) is 0. The van der Waals surface area contributed by atoms with E-state index in [0.717, 1.165) is 11.3 Å². The molecular formula is C7H5Cl2N3. The summed E-state index contributed by atoms with van der Waals surface area (Å²) < 4.78 is 0. The maximum absolute atomic E-state index is 5.75. The lowest BCUT2D eigenvalue weighted by Gasteiger charge is -1.92. The molecule has 3 nitrogen and oxygen atoms in total. The molecule has 2 rings (SSSR count). The Morgan fingerprint density at radius 3 is 2.83 bits per heavy atom. The molecule has 1 N–H and O–H groups in total. The van der Waals surface area contributed by atoms with E-state index in [9.17, 15) is 0 Å². The van der Waals surface area contributed by atoms with Gasteiger partial charge in [0.15, 0.2) is 5.65 Å². The molecule has 0 atom stereocenters. The first-order valence-electron chi connectivity index (χ1n) is 3.35. The molecule has 0 bridgehead atoms. The number of pyridine rings is 1. The highest BCUT2D eigenvalue weighted by Gasteiger charge is 2.05. The van der Waals surface area contributed by atoms with E-state index >= 15 is 0 Å². The maximum atomic E-state index is 5.75. The summed E-state index contributed by atoms with van der Waals surface area (Å²) in [5.41, 5.74) is 1.41. The van der Waals surface area contributed by atoms with Crippen molar-refractivity contribution in [2.75, 3.05) is 0 Å². The predicted octanol–water partition coefficient (Wildman–Crippen LogP) is 2.57. The van der Waals surface area contributed by atoms with E-state index in [0.29, 0.717) is 10.7 Å². The first-order chi connectivity index (χ1) is 5.66. The summed E-state index contributed by atoms with van der Waals surface area (Å²) in [7, 11) is 0. The zero-order valence-corrected chi connectivity index (χ0v) is 7.74. The molecule has 0 saturated carbocycles. The van der Waals surface area contributed by atoms with Crippen molar-refractivity contribution in [1.82, 2.24) is 15.0 Å². The highest BCUT2D eigenvalue weighted by Crippen LogP contribution is 2.22. The number of hydrogen-bond acceptors (Lipinski definition) is 2. The molecule has 12 heavy (non-hydrogen) atoms. The fourth-order valence-corrected chi connectivity index (χ4v) is 1.30. The van der Waals surface area contributed by atoms with Crippen molar-refractivity contribution in [2.24, 2.45) is 0 Å². The van der Waals surface area contributed by atoms with Gasteiger partial charge in [-0.1, -0.05) is 23.2 Å². The molecule has 5 heteroatoms. The SMILES string of the molecule is Cc1nc2nc(Cl)c(Cl)cc2[nH]1. The van der Waals surface area contributed by atoms with Gasteiger partial charge in [0.25, 0.3) is 0 Å². The number of imidazole rings is 1. The summed E-state index contributed by atoms with van der Waals surface area (Å²) in [6, 6.07) is 1.71. The van der Waals surface area contributed by atoms with Gasteiger partial charge in [-0.05, 0) is 13.0 Å². The van der Waals surface area contributed by atoms with E-state index in [4.69, 9.17) is 23.2 Å². The minimum absolute atomic E-state index is 0.288. The van der Waals surface area contributed by atoms with E-state index in [-0.39, 0.29) is 5.15 Å². The zero-order chi connectivity index (χ0) is 8.72. The van der Waals surface area contributed by atoms with Gasteiger partial charge in [0.05, 0.1) is 10.5 Å². The lowest BCUT2D eigenvalue weighted by molar-refractivity contribution is 1.16. The monoisotopic (exact) mass is 201 g/mol. The van der Waals surface area contributed by atoms with Crippen LogP contribution in [0.4, 0.5) is 0 Å². The van der Waals surface area contributed by atoms with Gasteiger partial charge in [-0.3, -0.25) is 0 Å². The number of hydrogen-bond donors (Lipinski definition) is 1. The number of nitrogens with zero attached hydrogens (tertiary/aromatic N) is 2. The quantitative estimate of drug-likeness (QED) is 0.667. The Hall–Kier alpha value is -0.800. The molecule has 62 valence electrons. The standard InChI is InChI=1S/C7H5Cl2N3/c1-3-10-5-2-4(8)6(9)12-7(5)11-3/h2H,1H3,(H,10,11,12). The number of halogens is 2. The topological polar surface area (TPSA) is 41.6 Å². The average Bonchev–Trinajstić information content (AvgIpc) is 2.30. The maximum Gasteiger partial charge on any atom is 0.179 e. The molecule has 0 aliphatic heterocycles. The van der Waals surface area contributed by atoms with Crippen LogP contribution in [0.25, 0.3) is 11.2 Å². The van der Waals surface area contributed by atoms with E-state index in [1.54, 1.807) is 6.07 Å². The summed E-state index contributed by atoms with van der Waals surface area (Å²) in [5.74, 6) is 0.802. The van der Waals surface area contributed by atoms with Crippen LogP contribution in [0.5, 0.6) is 0 Å². The molecule has 0 aromatic carbocycles. The Kier molecular flexibility index (Phi) is 1.70. The van der Waals surface area contributed by atoms with Crippen LogP contribution in [0.1, 0.15) is 5.82 Å². The third-order valence-corrected chi connectivity index (χ3v) is 2.18. The number of H-pyrrole nitrogens is 1. The van der Waals surface area contributed by atoms with Crippen LogP contribution in [-0.4, -0.2) is 15.0 Å². The van der Waals surface area contributed by atoms with Crippen molar-refractivity contribution in [3.63, 3.8) is 0 Å². The fraction of sp³-hybridized carbons (Fsp3) is 0.143. The van der Waals surface area contributed by atoms with Crippen LogP contribution in [0.3, 0.4) is 0 Å². The van der Waals surface area contributed by atoms with Gasteiger partial charge >= 0.3 is 0 Å². The van der Waals surface area contributed by atoms with Crippen LogP contribution >= 0.6 is 23.2 Å². The van der Waals surface area contributed by atoms with Crippen LogP contribution in [0.2, 0.25) is 10.2 Å². The van der Waals surface area contributed by atoms with Crippen LogP contribution in [0.15, 0.2) is 6.07 Å². The fourth-order valence-electron chi connectivity index (χ4n) is 1.02. The summed E-state index contributed by atoms with van der Waals surface area (Å²) in [5, 5.41) is 0.725. The summed E-state index contributed by atoms with van der Waals surface area (Å²) >= 11 is 11.5. The highest BCUT2D eigenvalue weighted by atomic mass is 35.5. The summed E-state index contributed by atoms with van der Waals surface area (Å²) in [6.45, 7) is 1.85. The molecule has 0 amide bonds. The smallest absolute Gasteiger partial charge is 0.179 e. The number of aryl methyl sites for hydroxylation is 1. The number of rotatable bonds is 0. The molecule has 2 heterocycles. The second-order valence-electron chi connectivity index (χ2n) is 2.45. The predicted molar refractivity (Wildman–Crippen MR) is 48.6 cm³/mol. The zero-order valence-electron chi connectivity index (χ0n) is 6.23. The Morgan fingerprint density at radius 1 is 1.33 bits per heavy atom. The van der Waals surface area contributed by atoms with Crippen LogP contribution in [-0.2, 0) is 0 Å². The van der Waals surface area contributed by atoms with Gasteiger partial charge in [0.2, 0.25) is 0 Å². The molecule has 0 fully saturated rings. The third-order valence-electron chi connectivity index (χ3n) is 1.50. The molecular weight excluding hydrogens is 197 g/mol. The molecule has 0 saturated heterocycles. The normalized spacial score (nSPS) is 10.9. The molecule has 2 aromatic rings. The first kappa shape index (κ1) is 7.83. The van der Waals surface area contributed by atoms with E-state index in [2.05, 4.69) is 15.0 Å². The second-order valence-corrected chi connectivity index (χ2v) is 3.22. The van der Waals surface area contributed by atoms with Gasteiger partial charge in [-0.2, -0.15) is 0 Å². The van der Waals surface area contributed by atoms with E-state index in [1.165, 1.54) is 0 Å². The van der Waals surface area contributed by atoms with Gasteiger partial charge in [-0.25, -0.2) is 9.97 Å². The number of aromatic nitrogens is 3. The average molecular weight is 202 g/mol.